The lowest BCUT2D eigenvalue weighted by molar-refractivity contribution is 0.0954. The number of carbonyl (C=O) groups is 1. The lowest BCUT2D eigenvalue weighted by atomic mass is 10.0. The number of fused-ring (bicyclic) bond motifs is 1. The molecule has 2 aromatic rings. The van der Waals surface area contributed by atoms with E-state index in [-0.39, 0.29) is 5.91 Å². The third-order valence-electron chi connectivity index (χ3n) is 4.77. The molecule has 1 amide bonds. The summed E-state index contributed by atoms with van der Waals surface area (Å²) in [5, 5.41) is 4.25. The van der Waals surface area contributed by atoms with Gasteiger partial charge in [0, 0.05) is 5.56 Å². The number of methoxy groups -OCH3 is 3. The first-order valence-corrected chi connectivity index (χ1v) is 8.84. The molecule has 0 atom stereocenters. The van der Waals surface area contributed by atoms with E-state index in [0.29, 0.717) is 22.8 Å². The fourth-order valence-corrected chi connectivity index (χ4v) is 3.27. The number of hydrogen-bond donors (Lipinski definition) is 1. The summed E-state index contributed by atoms with van der Waals surface area (Å²) in [6.07, 6.45) is 3.45. The molecule has 0 aromatic heterocycles. The number of nitrogens with zero attached hydrogens (tertiary/aromatic N) is 1. The second kappa shape index (κ2) is 8.12. The number of hydrogen-bond acceptors (Lipinski definition) is 5. The zero-order chi connectivity index (χ0) is 19.4. The molecule has 0 saturated heterocycles. The van der Waals surface area contributed by atoms with Crippen molar-refractivity contribution in [3.8, 4) is 17.2 Å². The number of carbonyl (C=O) groups excluding carboxylic acids is 1. The minimum Gasteiger partial charge on any atom is -0.493 e. The van der Waals surface area contributed by atoms with Crippen molar-refractivity contribution in [1.82, 2.24) is 5.43 Å². The van der Waals surface area contributed by atoms with Crippen molar-refractivity contribution in [3.05, 3.63) is 52.6 Å². The molecule has 0 aliphatic heterocycles. The van der Waals surface area contributed by atoms with E-state index >= 15 is 0 Å². The van der Waals surface area contributed by atoms with Gasteiger partial charge in [-0.25, -0.2) is 5.43 Å². The van der Waals surface area contributed by atoms with E-state index < -0.39 is 0 Å². The van der Waals surface area contributed by atoms with Crippen LogP contribution in [-0.4, -0.2) is 32.9 Å². The second-order valence-corrected chi connectivity index (χ2v) is 6.39. The first-order chi connectivity index (χ1) is 13.1. The zero-order valence-electron chi connectivity index (χ0n) is 16.1. The molecule has 6 heteroatoms. The minimum absolute atomic E-state index is 0.352. The standard InChI is InChI=1S/C21H24N2O4/c1-13(15-9-8-14-6-5-7-16(14)10-15)22-23-21(24)17-11-18(25-2)20(27-4)19(12-17)26-3/h8-12H,5-7H2,1-4H3,(H,23,24)/b22-13-. The molecule has 0 spiro atoms. The SMILES string of the molecule is COc1cc(C(=O)N/N=C(/C)c2ccc3c(c2)CCC3)cc(OC)c1OC. The molecule has 0 fully saturated rings. The number of rotatable bonds is 6. The highest BCUT2D eigenvalue weighted by molar-refractivity contribution is 6.01. The van der Waals surface area contributed by atoms with Crippen LogP contribution in [0, 0.1) is 0 Å². The molecule has 0 unspecified atom stereocenters. The average molecular weight is 368 g/mol. The fourth-order valence-electron chi connectivity index (χ4n) is 3.27. The summed E-state index contributed by atoms with van der Waals surface area (Å²) in [4.78, 5) is 12.5. The van der Waals surface area contributed by atoms with Gasteiger partial charge in [-0.15, -0.1) is 0 Å². The number of ether oxygens (including phenoxy) is 3. The number of benzene rings is 2. The van der Waals surface area contributed by atoms with Crippen LogP contribution in [0.25, 0.3) is 0 Å². The van der Waals surface area contributed by atoms with E-state index in [1.807, 2.05) is 6.92 Å². The maximum Gasteiger partial charge on any atom is 0.271 e. The van der Waals surface area contributed by atoms with Crippen molar-refractivity contribution in [2.75, 3.05) is 21.3 Å². The Morgan fingerprint density at radius 2 is 1.59 bits per heavy atom. The Kier molecular flexibility index (Phi) is 5.64. The number of aryl methyl sites for hydroxylation is 2. The Morgan fingerprint density at radius 1 is 0.926 bits per heavy atom. The van der Waals surface area contributed by atoms with Gasteiger partial charge in [0.05, 0.1) is 27.0 Å². The van der Waals surface area contributed by atoms with Crippen LogP contribution in [-0.2, 0) is 12.8 Å². The molecule has 0 radical (unpaired) electrons. The Morgan fingerprint density at radius 3 is 2.22 bits per heavy atom. The Balaban J connectivity index is 1.79. The van der Waals surface area contributed by atoms with Gasteiger partial charge in [-0.2, -0.15) is 5.10 Å². The maximum absolute atomic E-state index is 12.5. The molecule has 6 nitrogen and oxygen atoms in total. The lowest BCUT2D eigenvalue weighted by Gasteiger charge is -2.13. The average Bonchev–Trinajstić information content (AvgIpc) is 3.18. The number of amides is 1. The van der Waals surface area contributed by atoms with Crippen LogP contribution in [0.4, 0.5) is 0 Å². The van der Waals surface area contributed by atoms with Crippen molar-refractivity contribution < 1.29 is 19.0 Å². The molecule has 2 aromatic carbocycles. The van der Waals surface area contributed by atoms with Gasteiger partial charge in [0.25, 0.3) is 5.91 Å². The normalized spacial score (nSPS) is 13.1. The lowest BCUT2D eigenvalue weighted by Crippen LogP contribution is -2.19. The van der Waals surface area contributed by atoms with Crippen molar-refractivity contribution in [2.24, 2.45) is 5.10 Å². The summed E-state index contributed by atoms with van der Waals surface area (Å²) in [6.45, 7) is 1.88. The first kappa shape index (κ1) is 18.8. The van der Waals surface area contributed by atoms with Crippen LogP contribution >= 0.6 is 0 Å². The molecule has 1 N–H and O–H groups in total. The van der Waals surface area contributed by atoms with Gasteiger partial charge in [-0.3, -0.25) is 4.79 Å². The van der Waals surface area contributed by atoms with Crippen LogP contribution < -0.4 is 19.6 Å². The van der Waals surface area contributed by atoms with Gasteiger partial charge in [0.2, 0.25) is 5.75 Å². The molecular formula is C21H24N2O4. The van der Waals surface area contributed by atoms with Gasteiger partial charge in [-0.1, -0.05) is 12.1 Å². The van der Waals surface area contributed by atoms with Gasteiger partial charge in [0.15, 0.2) is 11.5 Å². The summed E-state index contributed by atoms with van der Waals surface area (Å²) in [5.41, 5.74) is 7.53. The first-order valence-electron chi connectivity index (χ1n) is 8.84. The van der Waals surface area contributed by atoms with Crippen molar-refractivity contribution in [1.29, 1.82) is 0 Å². The topological polar surface area (TPSA) is 69.2 Å². The highest BCUT2D eigenvalue weighted by Gasteiger charge is 2.17. The van der Waals surface area contributed by atoms with Crippen molar-refractivity contribution >= 4 is 11.6 Å². The van der Waals surface area contributed by atoms with Crippen molar-refractivity contribution in [3.63, 3.8) is 0 Å². The molecule has 27 heavy (non-hydrogen) atoms. The molecule has 1 aliphatic rings. The van der Waals surface area contributed by atoms with E-state index in [2.05, 4.69) is 28.7 Å². The van der Waals surface area contributed by atoms with Gasteiger partial charge < -0.3 is 14.2 Å². The van der Waals surface area contributed by atoms with Gasteiger partial charge in [0.1, 0.15) is 0 Å². The van der Waals surface area contributed by atoms with E-state index in [0.717, 1.165) is 24.1 Å². The van der Waals surface area contributed by atoms with Crippen LogP contribution in [0.5, 0.6) is 17.2 Å². The Hall–Kier alpha value is -3.02. The summed E-state index contributed by atoms with van der Waals surface area (Å²) in [6, 6.07) is 9.55. The summed E-state index contributed by atoms with van der Waals surface area (Å²) >= 11 is 0. The van der Waals surface area contributed by atoms with Crippen LogP contribution in [0.2, 0.25) is 0 Å². The van der Waals surface area contributed by atoms with E-state index in [9.17, 15) is 4.79 Å². The summed E-state index contributed by atoms with van der Waals surface area (Å²) in [5.74, 6) is 0.923. The second-order valence-electron chi connectivity index (χ2n) is 6.39. The highest BCUT2D eigenvalue weighted by Crippen LogP contribution is 2.38. The number of hydrazone groups is 1. The summed E-state index contributed by atoms with van der Waals surface area (Å²) in [7, 11) is 4.54. The van der Waals surface area contributed by atoms with Crippen LogP contribution in [0.15, 0.2) is 35.4 Å². The quantitative estimate of drug-likeness (QED) is 0.627. The smallest absolute Gasteiger partial charge is 0.271 e. The van der Waals surface area contributed by atoms with Gasteiger partial charge in [-0.05, 0) is 61.1 Å². The summed E-state index contributed by atoms with van der Waals surface area (Å²) < 4.78 is 15.8. The van der Waals surface area contributed by atoms with E-state index in [1.54, 1.807) is 12.1 Å². The van der Waals surface area contributed by atoms with Crippen LogP contribution in [0.1, 0.15) is 40.4 Å². The van der Waals surface area contributed by atoms with Crippen LogP contribution in [0.3, 0.4) is 0 Å². The third-order valence-corrected chi connectivity index (χ3v) is 4.77. The Bertz CT molecular complexity index is 865. The predicted molar refractivity (Wildman–Crippen MR) is 104 cm³/mol. The molecule has 0 heterocycles. The molecule has 0 bridgehead atoms. The highest BCUT2D eigenvalue weighted by atomic mass is 16.5. The minimum atomic E-state index is -0.352. The fraction of sp³-hybridized carbons (Fsp3) is 0.333. The largest absolute Gasteiger partial charge is 0.493 e. The zero-order valence-corrected chi connectivity index (χ0v) is 16.1. The van der Waals surface area contributed by atoms with E-state index in [4.69, 9.17) is 14.2 Å². The van der Waals surface area contributed by atoms with Crippen molar-refractivity contribution in [2.45, 2.75) is 26.2 Å². The monoisotopic (exact) mass is 368 g/mol. The molecule has 0 saturated carbocycles. The predicted octanol–water partition coefficient (Wildman–Crippen LogP) is 3.36. The molecule has 3 rings (SSSR count). The molecule has 1 aliphatic carbocycles. The molecular weight excluding hydrogens is 344 g/mol. The number of nitrogens with one attached hydrogen (secondary N) is 1. The Labute approximate surface area is 159 Å². The third kappa shape index (κ3) is 3.89. The maximum atomic E-state index is 12.5. The van der Waals surface area contributed by atoms with Gasteiger partial charge >= 0.3 is 0 Å². The molecule has 142 valence electrons. The van der Waals surface area contributed by atoms with E-state index in [1.165, 1.54) is 38.9 Å².